The Labute approximate surface area is 112 Å². The summed E-state index contributed by atoms with van der Waals surface area (Å²) >= 11 is 0. The molecule has 1 aliphatic rings. The predicted molar refractivity (Wildman–Crippen MR) is 75.1 cm³/mol. The highest BCUT2D eigenvalue weighted by molar-refractivity contribution is 5.98. The van der Waals surface area contributed by atoms with Gasteiger partial charge >= 0.3 is 6.03 Å². The lowest BCUT2D eigenvalue weighted by Gasteiger charge is -2.30. The first kappa shape index (κ1) is 12.0. The summed E-state index contributed by atoms with van der Waals surface area (Å²) in [6.07, 6.45) is 2.28. The number of benzene rings is 1. The van der Waals surface area contributed by atoms with Crippen LogP contribution in [0.4, 0.5) is 10.6 Å². The molecular weight excluding hydrogens is 240 g/mol. The van der Waals surface area contributed by atoms with Crippen LogP contribution in [-0.2, 0) is 0 Å². The van der Waals surface area contributed by atoms with Crippen LogP contribution in [0.15, 0.2) is 24.3 Å². The second-order valence-corrected chi connectivity index (χ2v) is 5.24. The van der Waals surface area contributed by atoms with Crippen molar-refractivity contribution in [1.82, 2.24) is 15.1 Å². The number of fused-ring (bicyclic) bond motifs is 1. The first-order chi connectivity index (χ1) is 9.24. The normalized spacial score (nSPS) is 19.6. The molecule has 1 unspecified atom stereocenters. The van der Waals surface area contributed by atoms with Crippen molar-refractivity contribution in [1.29, 1.82) is 0 Å². The lowest BCUT2D eigenvalue weighted by atomic mass is 10.0. The van der Waals surface area contributed by atoms with Gasteiger partial charge in [-0.3, -0.25) is 10.4 Å². The largest absolute Gasteiger partial charge is 0.324 e. The molecular formula is C14H18N4O. The number of carbonyl (C=O) groups is 1. The summed E-state index contributed by atoms with van der Waals surface area (Å²) in [6, 6.07) is 7.73. The Morgan fingerprint density at radius 1 is 1.47 bits per heavy atom. The molecule has 100 valence electrons. The van der Waals surface area contributed by atoms with Gasteiger partial charge in [0.25, 0.3) is 0 Å². The van der Waals surface area contributed by atoms with Gasteiger partial charge in [0, 0.05) is 18.5 Å². The number of anilines is 1. The fraction of sp³-hybridized carbons (Fsp3) is 0.429. The molecule has 2 N–H and O–H groups in total. The van der Waals surface area contributed by atoms with E-state index in [2.05, 4.69) is 22.4 Å². The number of para-hydroxylation sites is 1. The number of likely N-dealkylation sites (tertiary alicyclic amines) is 1. The van der Waals surface area contributed by atoms with Crippen molar-refractivity contribution in [3.05, 3.63) is 24.3 Å². The molecule has 0 saturated carbocycles. The van der Waals surface area contributed by atoms with E-state index in [0.29, 0.717) is 11.7 Å². The number of rotatable bonds is 1. The molecule has 1 atom stereocenters. The average molecular weight is 258 g/mol. The number of nitrogens with zero attached hydrogens (tertiary/aromatic N) is 2. The number of H-pyrrole nitrogens is 1. The van der Waals surface area contributed by atoms with Gasteiger partial charge in [0.15, 0.2) is 5.82 Å². The van der Waals surface area contributed by atoms with Crippen molar-refractivity contribution in [3.8, 4) is 0 Å². The van der Waals surface area contributed by atoms with E-state index in [1.54, 1.807) is 0 Å². The van der Waals surface area contributed by atoms with Gasteiger partial charge in [0.05, 0.1) is 5.52 Å². The van der Waals surface area contributed by atoms with Crippen molar-refractivity contribution < 1.29 is 4.79 Å². The Kier molecular flexibility index (Phi) is 3.11. The van der Waals surface area contributed by atoms with Crippen molar-refractivity contribution in [3.63, 3.8) is 0 Å². The number of hydrogen-bond acceptors (Lipinski definition) is 2. The van der Waals surface area contributed by atoms with Gasteiger partial charge in [-0.1, -0.05) is 19.1 Å². The predicted octanol–water partition coefficient (Wildman–Crippen LogP) is 2.83. The maximum absolute atomic E-state index is 12.2. The molecule has 0 bridgehead atoms. The van der Waals surface area contributed by atoms with Gasteiger partial charge in [-0.2, -0.15) is 5.10 Å². The molecule has 1 aromatic heterocycles. The quantitative estimate of drug-likeness (QED) is 0.826. The second kappa shape index (κ2) is 4.91. The zero-order valence-electron chi connectivity index (χ0n) is 11.0. The summed E-state index contributed by atoms with van der Waals surface area (Å²) in [5.41, 5.74) is 0.935. The van der Waals surface area contributed by atoms with Crippen LogP contribution in [0.5, 0.6) is 0 Å². The minimum atomic E-state index is -0.0520. The smallest absolute Gasteiger partial charge is 0.323 e. The van der Waals surface area contributed by atoms with Crippen molar-refractivity contribution in [2.24, 2.45) is 5.92 Å². The minimum Gasteiger partial charge on any atom is -0.324 e. The first-order valence-corrected chi connectivity index (χ1v) is 6.73. The maximum atomic E-state index is 12.2. The molecule has 5 nitrogen and oxygen atoms in total. The Morgan fingerprint density at radius 2 is 2.32 bits per heavy atom. The fourth-order valence-electron chi connectivity index (χ4n) is 2.61. The van der Waals surface area contributed by atoms with E-state index in [1.807, 2.05) is 29.2 Å². The molecule has 1 aromatic carbocycles. The van der Waals surface area contributed by atoms with Gasteiger partial charge in [-0.25, -0.2) is 4.79 Å². The average Bonchev–Trinajstić information content (AvgIpc) is 2.82. The summed E-state index contributed by atoms with van der Waals surface area (Å²) in [4.78, 5) is 14.1. The molecule has 2 amide bonds. The Hall–Kier alpha value is -2.04. The van der Waals surface area contributed by atoms with Crippen molar-refractivity contribution >= 4 is 22.8 Å². The lowest BCUT2D eigenvalue weighted by molar-refractivity contribution is 0.182. The lowest BCUT2D eigenvalue weighted by Crippen LogP contribution is -2.41. The van der Waals surface area contributed by atoms with E-state index in [0.717, 1.165) is 30.4 Å². The Bertz CT molecular complexity index is 592. The highest BCUT2D eigenvalue weighted by Gasteiger charge is 2.21. The van der Waals surface area contributed by atoms with Crippen LogP contribution >= 0.6 is 0 Å². The number of carbonyl (C=O) groups excluding carboxylic acids is 1. The Morgan fingerprint density at radius 3 is 3.16 bits per heavy atom. The number of urea groups is 1. The molecule has 2 aromatic rings. The van der Waals surface area contributed by atoms with Gasteiger partial charge in [-0.15, -0.1) is 0 Å². The molecule has 2 heterocycles. The number of amides is 2. The third-order valence-electron chi connectivity index (χ3n) is 3.64. The zero-order valence-corrected chi connectivity index (χ0v) is 11.0. The van der Waals surface area contributed by atoms with Crippen LogP contribution in [0, 0.1) is 5.92 Å². The number of hydrogen-bond donors (Lipinski definition) is 2. The third kappa shape index (κ3) is 2.41. The zero-order chi connectivity index (χ0) is 13.2. The van der Waals surface area contributed by atoms with E-state index < -0.39 is 0 Å². The number of piperidine rings is 1. The summed E-state index contributed by atoms with van der Waals surface area (Å²) in [7, 11) is 0. The van der Waals surface area contributed by atoms with Crippen LogP contribution in [-0.4, -0.2) is 34.2 Å². The van der Waals surface area contributed by atoms with E-state index >= 15 is 0 Å². The SMILES string of the molecule is CC1CCCN(C(=O)Nc2n[nH]c3ccccc23)C1. The molecule has 1 fully saturated rings. The third-order valence-corrected chi connectivity index (χ3v) is 3.64. The molecule has 1 aliphatic heterocycles. The van der Waals surface area contributed by atoms with Crippen LogP contribution < -0.4 is 5.32 Å². The molecule has 1 saturated heterocycles. The Balaban J connectivity index is 1.75. The van der Waals surface area contributed by atoms with Gasteiger partial charge in [0.1, 0.15) is 0 Å². The standard InChI is InChI=1S/C14H18N4O/c1-10-5-4-8-18(9-10)14(19)15-13-11-6-2-3-7-12(11)16-17-13/h2-3,6-7,10H,4-5,8-9H2,1H3,(H2,15,16,17,19). The fourth-order valence-corrected chi connectivity index (χ4v) is 2.61. The van der Waals surface area contributed by atoms with E-state index in [4.69, 9.17) is 0 Å². The van der Waals surface area contributed by atoms with Crippen LogP contribution in [0.2, 0.25) is 0 Å². The van der Waals surface area contributed by atoms with E-state index in [1.165, 1.54) is 6.42 Å². The number of aromatic nitrogens is 2. The summed E-state index contributed by atoms with van der Waals surface area (Å²) in [5.74, 6) is 1.19. The molecule has 5 heteroatoms. The monoisotopic (exact) mass is 258 g/mol. The van der Waals surface area contributed by atoms with Gasteiger partial charge < -0.3 is 4.90 Å². The van der Waals surface area contributed by atoms with Crippen LogP contribution in [0.3, 0.4) is 0 Å². The summed E-state index contributed by atoms with van der Waals surface area (Å²) < 4.78 is 0. The van der Waals surface area contributed by atoms with Crippen LogP contribution in [0.1, 0.15) is 19.8 Å². The summed E-state index contributed by atoms with van der Waals surface area (Å²) in [5, 5.41) is 10.9. The van der Waals surface area contributed by atoms with Gasteiger partial charge in [-0.05, 0) is 30.9 Å². The van der Waals surface area contributed by atoms with Crippen molar-refractivity contribution in [2.75, 3.05) is 18.4 Å². The van der Waals surface area contributed by atoms with Gasteiger partial charge in [0.2, 0.25) is 0 Å². The maximum Gasteiger partial charge on any atom is 0.323 e. The molecule has 0 radical (unpaired) electrons. The van der Waals surface area contributed by atoms with E-state index in [-0.39, 0.29) is 6.03 Å². The molecule has 3 rings (SSSR count). The highest BCUT2D eigenvalue weighted by atomic mass is 16.2. The summed E-state index contributed by atoms with van der Waals surface area (Å²) in [6.45, 7) is 3.84. The minimum absolute atomic E-state index is 0.0520. The highest BCUT2D eigenvalue weighted by Crippen LogP contribution is 2.21. The number of aromatic amines is 1. The molecule has 19 heavy (non-hydrogen) atoms. The van der Waals surface area contributed by atoms with E-state index in [9.17, 15) is 4.79 Å². The van der Waals surface area contributed by atoms with Crippen LogP contribution in [0.25, 0.3) is 10.9 Å². The number of nitrogens with one attached hydrogen (secondary N) is 2. The second-order valence-electron chi connectivity index (χ2n) is 5.24. The topological polar surface area (TPSA) is 61.0 Å². The molecule has 0 aliphatic carbocycles. The molecule has 0 spiro atoms. The van der Waals surface area contributed by atoms with Crippen molar-refractivity contribution in [2.45, 2.75) is 19.8 Å². The first-order valence-electron chi connectivity index (χ1n) is 6.73.